The fraction of sp³-hybridized carbons (Fsp3) is 0.121. The Morgan fingerprint density at radius 2 is 1.41 bits per heavy atom. The van der Waals surface area contributed by atoms with Crippen LogP contribution in [0.15, 0.2) is 103 Å². The molecule has 1 fully saturated rings. The van der Waals surface area contributed by atoms with Crippen molar-refractivity contribution in [2.24, 2.45) is 5.41 Å². The topological polar surface area (TPSA) is 54.5 Å². The largest absolute Gasteiger partial charge is 0.352 e. The SMILES string of the molecule is O=C(c1ccc(F)cc1)[C@H]1[C@H](c2ccccc2Cl)C2(C(=O)c3ccccc3C2=O)[C@@H]2C=Cc3ccccc3N21. The van der Waals surface area contributed by atoms with Crippen LogP contribution in [-0.4, -0.2) is 29.4 Å². The van der Waals surface area contributed by atoms with Crippen molar-refractivity contribution >= 4 is 40.7 Å². The van der Waals surface area contributed by atoms with Crippen molar-refractivity contribution in [3.63, 3.8) is 0 Å². The molecule has 0 saturated carbocycles. The average Bonchev–Trinajstić information content (AvgIpc) is 3.39. The van der Waals surface area contributed by atoms with Gasteiger partial charge in [-0.15, -0.1) is 0 Å². The second-order valence-electron chi connectivity index (χ2n) is 10.2. The monoisotopic (exact) mass is 533 g/mol. The van der Waals surface area contributed by atoms with Gasteiger partial charge in [-0.05, 0) is 47.5 Å². The minimum absolute atomic E-state index is 0.289. The first-order valence-corrected chi connectivity index (χ1v) is 13.1. The standard InChI is InChI=1S/C33H21ClFNO3/c34-25-11-5-4-10-24(25)28-29(30(37)20-13-16-21(35)17-14-20)36-26-12-6-1-7-19(26)15-18-27(36)33(28)31(38)22-8-2-3-9-23(22)32(33)39/h1-18,27-29H/t27-,28-,29+/m0/s1. The summed E-state index contributed by atoms with van der Waals surface area (Å²) in [6.45, 7) is 0. The highest BCUT2D eigenvalue weighted by atomic mass is 35.5. The molecular formula is C33H21ClFNO3. The number of hydrogen-bond donors (Lipinski definition) is 0. The van der Waals surface area contributed by atoms with Crippen molar-refractivity contribution in [1.29, 1.82) is 0 Å². The number of halogens is 2. The number of fused-ring (bicyclic) bond motifs is 5. The van der Waals surface area contributed by atoms with E-state index in [0.717, 1.165) is 11.3 Å². The van der Waals surface area contributed by atoms with Crippen LogP contribution < -0.4 is 4.90 Å². The van der Waals surface area contributed by atoms with Crippen LogP contribution in [0.3, 0.4) is 0 Å². The molecule has 6 heteroatoms. The zero-order valence-electron chi connectivity index (χ0n) is 20.6. The highest BCUT2D eigenvalue weighted by Crippen LogP contribution is 2.61. The van der Waals surface area contributed by atoms with E-state index < -0.39 is 29.2 Å². The van der Waals surface area contributed by atoms with Gasteiger partial charge in [-0.2, -0.15) is 0 Å². The minimum Gasteiger partial charge on any atom is -0.352 e. The van der Waals surface area contributed by atoms with Crippen LogP contribution in [-0.2, 0) is 0 Å². The lowest BCUT2D eigenvalue weighted by molar-refractivity contribution is 0.0666. The van der Waals surface area contributed by atoms with E-state index in [9.17, 15) is 18.8 Å². The molecule has 0 bridgehead atoms. The van der Waals surface area contributed by atoms with Crippen LogP contribution in [0, 0.1) is 11.2 Å². The number of ketones is 3. The van der Waals surface area contributed by atoms with E-state index >= 15 is 0 Å². The predicted molar refractivity (Wildman–Crippen MR) is 148 cm³/mol. The molecule has 0 amide bonds. The third kappa shape index (κ3) is 3.14. The molecule has 0 aromatic heterocycles. The third-order valence-corrected chi connectivity index (χ3v) is 8.69. The molecule has 4 aromatic rings. The van der Waals surface area contributed by atoms with Crippen molar-refractivity contribution < 1.29 is 18.8 Å². The summed E-state index contributed by atoms with van der Waals surface area (Å²) in [5.74, 6) is -2.32. The quantitative estimate of drug-likeness (QED) is 0.215. The first-order valence-electron chi connectivity index (χ1n) is 12.7. The van der Waals surface area contributed by atoms with E-state index in [1.165, 1.54) is 24.3 Å². The highest BCUT2D eigenvalue weighted by Gasteiger charge is 2.71. The van der Waals surface area contributed by atoms with Crippen molar-refractivity contribution in [2.75, 3.05) is 4.90 Å². The fourth-order valence-electron chi connectivity index (χ4n) is 6.77. The average molecular weight is 534 g/mol. The smallest absolute Gasteiger partial charge is 0.185 e. The van der Waals surface area contributed by atoms with E-state index in [4.69, 9.17) is 11.6 Å². The van der Waals surface area contributed by atoms with E-state index in [0.29, 0.717) is 21.7 Å². The number of hydrogen-bond acceptors (Lipinski definition) is 4. The van der Waals surface area contributed by atoms with Crippen LogP contribution >= 0.6 is 11.6 Å². The second-order valence-corrected chi connectivity index (χ2v) is 10.6. The Morgan fingerprint density at radius 3 is 2.10 bits per heavy atom. The Bertz CT molecular complexity index is 1690. The van der Waals surface area contributed by atoms with Gasteiger partial charge in [0.15, 0.2) is 17.3 Å². The number of Topliss-reactive ketones (excluding diaryl/α,β-unsaturated/α-hetero) is 3. The zero-order chi connectivity index (χ0) is 26.9. The summed E-state index contributed by atoms with van der Waals surface area (Å²) >= 11 is 6.79. The van der Waals surface area contributed by atoms with Gasteiger partial charge < -0.3 is 4.90 Å². The Labute approximate surface area is 229 Å². The number of rotatable bonds is 3. The molecule has 190 valence electrons. The zero-order valence-corrected chi connectivity index (χ0v) is 21.3. The molecule has 2 heterocycles. The number of carbonyl (C=O) groups is 3. The molecule has 3 aliphatic rings. The number of nitrogens with zero attached hydrogens (tertiary/aromatic N) is 1. The maximum atomic E-state index is 14.6. The minimum atomic E-state index is -1.63. The van der Waals surface area contributed by atoms with Crippen LogP contribution in [0.25, 0.3) is 6.08 Å². The Kier molecular flexibility index (Phi) is 5.23. The van der Waals surface area contributed by atoms with Crippen molar-refractivity contribution in [2.45, 2.75) is 18.0 Å². The van der Waals surface area contributed by atoms with Gasteiger partial charge in [0.05, 0.1) is 6.04 Å². The molecular weight excluding hydrogens is 513 g/mol. The van der Waals surface area contributed by atoms with E-state index in [-0.39, 0.29) is 22.9 Å². The lowest BCUT2D eigenvalue weighted by Gasteiger charge is -2.37. The molecule has 3 atom stereocenters. The summed E-state index contributed by atoms with van der Waals surface area (Å²) in [6, 6.07) is 25.2. The maximum absolute atomic E-state index is 14.6. The van der Waals surface area contributed by atoms with E-state index in [1.807, 2.05) is 41.3 Å². The van der Waals surface area contributed by atoms with Crippen LogP contribution in [0.4, 0.5) is 10.1 Å². The molecule has 4 nitrogen and oxygen atoms in total. The Hall–Kier alpha value is -4.35. The third-order valence-electron chi connectivity index (χ3n) is 8.35. The second kappa shape index (κ2) is 8.58. The first-order chi connectivity index (χ1) is 18.9. The van der Waals surface area contributed by atoms with Gasteiger partial charge in [0, 0.05) is 33.3 Å². The number of para-hydroxylation sites is 1. The van der Waals surface area contributed by atoms with Gasteiger partial charge in [-0.3, -0.25) is 14.4 Å². The Balaban J connectivity index is 1.56. The van der Waals surface area contributed by atoms with Gasteiger partial charge in [-0.25, -0.2) is 4.39 Å². The molecule has 1 spiro atoms. The van der Waals surface area contributed by atoms with E-state index in [2.05, 4.69) is 0 Å². The van der Waals surface area contributed by atoms with Crippen LogP contribution in [0.1, 0.15) is 48.1 Å². The summed E-state index contributed by atoms with van der Waals surface area (Å²) < 4.78 is 13.8. The normalized spacial score (nSPS) is 22.1. The molecule has 39 heavy (non-hydrogen) atoms. The summed E-state index contributed by atoms with van der Waals surface area (Å²) in [7, 11) is 0. The molecule has 0 radical (unpaired) electrons. The number of benzene rings is 4. The molecule has 4 aromatic carbocycles. The Morgan fingerprint density at radius 1 is 0.795 bits per heavy atom. The van der Waals surface area contributed by atoms with Gasteiger partial charge in [0.1, 0.15) is 17.3 Å². The fourth-order valence-corrected chi connectivity index (χ4v) is 7.03. The van der Waals surface area contributed by atoms with Gasteiger partial charge >= 0.3 is 0 Å². The highest BCUT2D eigenvalue weighted by molar-refractivity contribution is 6.34. The molecule has 0 unspecified atom stereocenters. The lowest BCUT2D eigenvalue weighted by Crippen LogP contribution is -2.48. The van der Waals surface area contributed by atoms with Crippen molar-refractivity contribution in [3.05, 3.63) is 142 Å². The maximum Gasteiger partial charge on any atom is 0.185 e. The number of carbonyl (C=O) groups excluding carboxylic acids is 3. The predicted octanol–water partition coefficient (Wildman–Crippen LogP) is 6.80. The molecule has 7 rings (SSSR count). The lowest BCUT2D eigenvalue weighted by atomic mass is 9.64. The summed E-state index contributed by atoms with van der Waals surface area (Å²) in [5.41, 5.74) is 1.53. The molecule has 1 aliphatic carbocycles. The molecule has 0 N–H and O–H groups in total. The molecule has 1 saturated heterocycles. The van der Waals surface area contributed by atoms with Crippen molar-refractivity contribution in [1.82, 2.24) is 0 Å². The first kappa shape index (κ1) is 23.7. The van der Waals surface area contributed by atoms with E-state index in [1.54, 1.807) is 48.5 Å². The van der Waals surface area contributed by atoms with Crippen LogP contribution in [0.2, 0.25) is 5.02 Å². The van der Waals surface area contributed by atoms with Crippen LogP contribution in [0.5, 0.6) is 0 Å². The van der Waals surface area contributed by atoms with Crippen molar-refractivity contribution in [3.8, 4) is 0 Å². The molecule has 2 aliphatic heterocycles. The summed E-state index contributed by atoms with van der Waals surface area (Å²) in [4.78, 5) is 45.5. The van der Waals surface area contributed by atoms with Gasteiger partial charge in [0.2, 0.25) is 0 Å². The van der Waals surface area contributed by atoms with Gasteiger partial charge in [-0.1, -0.05) is 84.4 Å². The van der Waals surface area contributed by atoms with Gasteiger partial charge in [0.25, 0.3) is 0 Å². The summed E-state index contributed by atoms with van der Waals surface area (Å²) in [6.07, 6.45) is 3.78. The summed E-state index contributed by atoms with van der Waals surface area (Å²) in [5, 5.41) is 0.368. The number of anilines is 1.